The molecule has 1 amide bonds. The first-order valence-corrected chi connectivity index (χ1v) is 7.82. The van der Waals surface area contributed by atoms with Gasteiger partial charge in [-0.05, 0) is 25.0 Å². The normalized spacial score (nSPS) is 15.0. The molecule has 1 heterocycles. The molecule has 22 heavy (non-hydrogen) atoms. The molecule has 0 saturated heterocycles. The number of carbonyl (C=O) groups excluding carboxylic acids is 1. The average molecular weight is 320 g/mol. The lowest BCUT2D eigenvalue weighted by atomic mass is 10.2. The van der Waals surface area contributed by atoms with Crippen LogP contribution in [0.15, 0.2) is 36.5 Å². The third-order valence-electron chi connectivity index (χ3n) is 3.80. The van der Waals surface area contributed by atoms with Crippen molar-refractivity contribution in [2.45, 2.75) is 31.7 Å². The Balaban J connectivity index is 1.58. The Bertz CT molecular complexity index is 650. The molecule has 1 saturated carbocycles. The number of nitrogens with zero attached hydrogens (tertiary/aromatic N) is 2. The van der Waals surface area contributed by atoms with Crippen LogP contribution >= 0.6 is 11.6 Å². The summed E-state index contributed by atoms with van der Waals surface area (Å²) in [5.74, 6) is 1.00. The summed E-state index contributed by atoms with van der Waals surface area (Å²) >= 11 is 5.99. The summed E-state index contributed by atoms with van der Waals surface area (Å²) < 4.78 is 7.34. The van der Waals surface area contributed by atoms with Crippen LogP contribution in [0.25, 0.3) is 0 Å². The van der Waals surface area contributed by atoms with Crippen LogP contribution in [-0.2, 0) is 4.79 Å². The van der Waals surface area contributed by atoms with Gasteiger partial charge in [-0.1, -0.05) is 36.6 Å². The lowest BCUT2D eigenvalue weighted by Crippen LogP contribution is -2.23. The summed E-state index contributed by atoms with van der Waals surface area (Å²) in [7, 11) is 0. The van der Waals surface area contributed by atoms with E-state index in [0.29, 0.717) is 16.8 Å². The molecule has 5 nitrogen and oxygen atoms in total. The number of ether oxygens (including phenoxy) is 1. The number of rotatable bonds is 5. The van der Waals surface area contributed by atoms with Crippen LogP contribution in [0.5, 0.6) is 5.75 Å². The van der Waals surface area contributed by atoms with Gasteiger partial charge in [0.1, 0.15) is 11.6 Å². The maximum absolute atomic E-state index is 12.0. The van der Waals surface area contributed by atoms with Crippen LogP contribution in [-0.4, -0.2) is 22.3 Å². The minimum atomic E-state index is -0.223. The molecule has 0 aliphatic heterocycles. The third kappa shape index (κ3) is 3.42. The number of hydrogen-bond donors (Lipinski definition) is 1. The van der Waals surface area contributed by atoms with Gasteiger partial charge in [0.2, 0.25) is 0 Å². The molecule has 6 heteroatoms. The quantitative estimate of drug-likeness (QED) is 0.914. The number of benzene rings is 1. The highest BCUT2D eigenvalue weighted by Gasteiger charge is 2.20. The molecule has 1 fully saturated rings. The fraction of sp³-hybridized carbons (Fsp3) is 0.375. The van der Waals surface area contributed by atoms with E-state index < -0.39 is 0 Å². The highest BCUT2D eigenvalue weighted by Crippen LogP contribution is 2.31. The highest BCUT2D eigenvalue weighted by atomic mass is 35.5. The van der Waals surface area contributed by atoms with Crippen molar-refractivity contribution in [1.29, 1.82) is 0 Å². The van der Waals surface area contributed by atoms with Crippen molar-refractivity contribution < 1.29 is 9.53 Å². The van der Waals surface area contributed by atoms with Gasteiger partial charge in [-0.15, -0.1) is 0 Å². The zero-order valence-corrected chi connectivity index (χ0v) is 12.9. The first-order valence-electron chi connectivity index (χ1n) is 7.45. The second-order valence-electron chi connectivity index (χ2n) is 5.37. The molecule has 1 N–H and O–H groups in total. The summed E-state index contributed by atoms with van der Waals surface area (Å²) in [5, 5.41) is 7.67. The highest BCUT2D eigenvalue weighted by molar-refractivity contribution is 6.32. The van der Waals surface area contributed by atoms with E-state index in [1.165, 1.54) is 12.8 Å². The Morgan fingerprint density at radius 1 is 1.32 bits per heavy atom. The predicted molar refractivity (Wildman–Crippen MR) is 85.3 cm³/mol. The Hall–Kier alpha value is -2.01. The van der Waals surface area contributed by atoms with Crippen LogP contribution in [0.2, 0.25) is 5.02 Å². The van der Waals surface area contributed by atoms with Crippen molar-refractivity contribution in [3.63, 3.8) is 0 Å². The molecule has 3 rings (SSSR count). The van der Waals surface area contributed by atoms with Gasteiger partial charge in [0.25, 0.3) is 5.91 Å². The lowest BCUT2D eigenvalue weighted by Gasteiger charge is -2.15. The van der Waals surface area contributed by atoms with E-state index in [-0.39, 0.29) is 12.5 Å². The molecular weight excluding hydrogens is 302 g/mol. The van der Waals surface area contributed by atoms with Crippen LogP contribution < -0.4 is 10.1 Å². The van der Waals surface area contributed by atoms with Crippen LogP contribution in [0, 0.1) is 0 Å². The van der Waals surface area contributed by atoms with Crippen molar-refractivity contribution >= 4 is 23.3 Å². The minimum Gasteiger partial charge on any atom is -0.482 e. The smallest absolute Gasteiger partial charge is 0.263 e. The molecule has 1 aliphatic rings. The van der Waals surface area contributed by atoms with E-state index in [2.05, 4.69) is 10.4 Å². The van der Waals surface area contributed by atoms with Crippen molar-refractivity contribution in [2.24, 2.45) is 0 Å². The largest absolute Gasteiger partial charge is 0.482 e. The maximum atomic E-state index is 12.0. The standard InChI is InChI=1S/C16H18ClN3O2/c17-13-7-3-4-8-14(13)22-11-16(21)19-15-9-10-18-20(15)12-5-1-2-6-12/h3-4,7-10,12H,1-2,5-6,11H2,(H,19,21). The van der Waals surface area contributed by atoms with E-state index in [1.54, 1.807) is 18.3 Å². The van der Waals surface area contributed by atoms with Crippen molar-refractivity contribution in [1.82, 2.24) is 9.78 Å². The van der Waals surface area contributed by atoms with Gasteiger partial charge in [-0.25, -0.2) is 4.68 Å². The van der Waals surface area contributed by atoms with Gasteiger partial charge in [0.15, 0.2) is 6.61 Å². The molecule has 2 aromatic rings. The van der Waals surface area contributed by atoms with Crippen LogP contribution in [0.4, 0.5) is 5.82 Å². The lowest BCUT2D eigenvalue weighted by molar-refractivity contribution is -0.118. The van der Waals surface area contributed by atoms with Gasteiger partial charge >= 0.3 is 0 Å². The summed E-state index contributed by atoms with van der Waals surface area (Å²) in [6.45, 7) is -0.0838. The molecule has 0 atom stereocenters. The van der Waals surface area contributed by atoms with Crippen LogP contribution in [0.1, 0.15) is 31.7 Å². The number of carbonyl (C=O) groups is 1. The third-order valence-corrected chi connectivity index (χ3v) is 4.12. The van der Waals surface area contributed by atoms with E-state index in [1.807, 2.05) is 22.9 Å². The van der Waals surface area contributed by atoms with Gasteiger partial charge in [-0.2, -0.15) is 5.10 Å². The summed E-state index contributed by atoms with van der Waals surface area (Å²) in [6.07, 6.45) is 6.37. The summed E-state index contributed by atoms with van der Waals surface area (Å²) in [6, 6.07) is 9.28. The fourth-order valence-electron chi connectivity index (χ4n) is 2.74. The zero-order chi connectivity index (χ0) is 15.4. The first-order chi connectivity index (χ1) is 10.7. The molecule has 1 aromatic heterocycles. The number of amides is 1. The minimum absolute atomic E-state index is 0.0838. The Morgan fingerprint density at radius 3 is 2.86 bits per heavy atom. The molecule has 0 unspecified atom stereocenters. The number of anilines is 1. The van der Waals surface area contributed by atoms with Crippen molar-refractivity contribution in [2.75, 3.05) is 11.9 Å². The van der Waals surface area contributed by atoms with E-state index in [9.17, 15) is 4.79 Å². The SMILES string of the molecule is O=C(COc1ccccc1Cl)Nc1ccnn1C1CCCC1. The first kappa shape index (κ1) is 14.9. The Morgan fingerprint density at radius 2 is 2.09 bits per heavy atom. The molecule has 116 valence electrons. The molecule has 0 bridgehead atoms. The number of aromatic nitrogens is 2. The molecule has 0 radical (unpaired) electrons. The number of hydrogen-bond acceptors (Lipinski definition) is 3. The van der Waals surface area contributed by atoms with Crippen LogP contribution in [0.3, 0.4) is 0 Å². The van der Waals surface area contributed by atoms with Crippen molar-refractivity contribution in [3.8, 4) is 5.75 Å². The van der Waals surface area contributed by atoms with Gasteiger partial charge in [0.05, 0.1) is 17.3 Å². The topological polar surface area (TPSA) is 56.1 Å². The van der Waals surface area contributed by atoms with Crippen molar-refractivity contribution in [3.05, 3.63) is 41.6 Å². The molecule has 0 spiro atoms. The Labute approximate surface area is 134 Å². The Kier molecular flexibility index (Phi) is 4.63. The maximum Gasteiger partial charge on any atom is 0.263 e. The molecule has 1 aromatic carbocycles. The van der Waals surface area contributed by atoms with E-state index in [4.69, 9.17) is 16.3 Å². The number of halogens is 1. The molecular formula is C16H18ClN3O2. The molecule has 1 aliphatic carbocycles. The summed E-state index contributed by atoms with van der Waals surface area (Å²) in [5.41, 5.74) is 0. The average Bonchev–Trinajstić information content (AvgIpc) is 3.17. The van der Waals surface area contributed by atoms with Gasteiger partial charge in [-0.3, -0.25) is 4.79 Å². The predicted octanol–water partition coefficient (Wildman–Crippen LogP) is 3.67. The number of nitrogens with one attached hydrogen (secondary N) is 1. The second kappa shape index (κ2) is 6.83. The monoisotopic (exact) mass is 319 g/mol. The number of para-hydroxylation sites is 1. The van der Waals surface area contributed by atoms with E-state index >= 15 is 0 Å². The summed E-state index contributed by atoms with van der Waals surface area (Å²) in [4.78, 5) is 12.0. The van der Waals surface area contributed by atoms with Gasteiger partial charge < -0.3 is 10.1 Å². The fourth-order valence-corrected chi connectivity index (χ4v) is 2.93. The van der Waals surface area contributed by atoms with Gasteiger partial charge in [0, 0.05) is 6.07 Å². The second-order valence-corrected chi connectivity index (χ2v) is 5.77. The zero-order valence-electron chi connectivity index (χ0n) is 12.2. The van der Waals surface area contributed by atoms with E-state index in [0.717, 1.165) is 18.7 Å².